The van der Waals surface area contributed by atoms with Crippen LogP contribution < -0.4 is 0 Å². The van der Waals surface area contributed by atoms with Crippen LogP contribution in [0.3, 0.4) is 0 Å². The third-order valence-corrected chi connectivity index (χ3v) is 3.53. The maximum Gasteiger partial charge on any atom is 0.222 e. The van der Waals surface area contributed by atoms with Gasteiger partial charge >= 0.3 is 0 Å². The summed E-state index contributed by atoms with van der Waals surface area (Å²) < 4.78 is 2.16. The zero-order chi connectivity index (χ0) is 14.7. The normalized spacial score (nSPS) is 11.2. The lowest BCUT2D eigenvalue weighted by atomic mass is 10.0. The molecule has 20 heavy (non-hydrogen) atoms. The summed E-state index contributed by atoms with van der Waals surface area (Å²) in [4.78, 5) is 8.31. The molecule has 3 nitrogen and oxygen atoms in total. The third kappa shape index (κ3) is 2.41. The van der Waals surface area contributed by atoms with E-state index in [0.29, 0.717) is 0 Å². The number of rotatable bonds is 4. The van der Waals surface area contributed by atoms with Crippen LogP contribution in [0.5, 0.6) is 0 Å². The van der Waals surface area contributed by atoms with E-state index in [1.807, 2.05) is 25.1 Å². The van der Waals surface area contributed by atoms with Gasteiger partial charge in [-0.15, -0.1) is 0 Å². The first-order valence-electron chi connectivity index (χ1n) is 6.59. The van der Waals surface area contributed by atoms with E-state index in [1.54, 1.807) is 6.20 Å². The summed E-state index contributed by atoms with van der Waals surface area (Å²) >= 11 is 5.93. The molecule has 0 fully saturated rings. The minimum absolute atomic E-state index is 0.264. The van der Waals surface area contributed by atoms with Gasteiger partial charge in [0, 0.05) is 35.8 Å². The van der Waals surface area contributed by atoms with Gasteiger partial charge in [0.25, 0.3) is 0 Å². The van der Waals surface area contributed by atoms with Crippen molar-refractivity contribution in [2.75, 3.05) is 0 Å². The Hall–Kier alpha value is -1.87. The van der Waals surface area contributed by atoms with Gasteiger partial charge in [0.2, 0.25) is 5.28 Å². The number of nitrogens with zero attached hydrogens (tertiary/aromatic N) is 3. The van der Waals surface area contributed by atoms with E-state index in [2.05, 4.69) is 41.2 Å². The summed E-state index contributed by atoms with van der Waals surface area (Å²) in [5.74, 6) is 0. The zero-order valence-corrected chi connectivity index (χ0v) is 12.8. The molecule has 2 rings (SSSR count). The average molecular weight is 288 g/mol. The Morgan fingerprint density at radius 3 is 2.75 bits per heavy atom. The summed E-state index contributed by atoms with van der Waals surface area (Å²) in [6.07, 6.45) is 8.58. The second kappa shape index (κ2) is 6.06. The van der Waals surface area contributed by atoms with Crippen LogP contribution in [-0.2, 0) is 13.5 Å². The van der Waals surface area contributed by atoms with Crippen molar-refractivity contribution in [1.29, 1.82) is 0 Å². The van der Waals surface area contributed by atoms with Gasteiger partial charge in [-0.05, 0) is 37.1 Å². The first-order valence-corrected chi connectivity index (χ1v) is 6.97. The molecule has 0 amide bonds. The summed E-state index contributed by atoms with van der Waals surface area (Å²) in [7, 11) is 2.05. The van der Waals surface area contributed by atoms with Crippen molar-refractivity contribution in [3.05, 3.63) is 47.2 Å². The number of hydrogen-bond donors (Lipinski definition) is 0. The van der Waals surface area contributed by atoms with Gasteiger partial charge < -0.3 is 4.57 Å². The molecule has 0 radical (unpaired) electrons. The fraction of sp³-hybridized carbons (Fsp3) is 0.250. The number of aromatic nitrogens is 3. The van der Waals surface area contributed by atoms with Crippen LogP contribution in [0.4, 0.5) is 0 Å². The Kier molecular flexibility index (Phi) is 4.40. The highest BCUT2D eigenvalue weighted by Gasteiger charge is 2.19. The van der Waals surface area contributed by atoms with Crippen molar-refractivity contribution in [2.45, 2.75) is 20.3 Å². The smallest absolute Gasteiger partial charge is 0.222 e. The summed E-state index contributed by atoms with van der Waals surface area (Å²) in [5.41, 5.74) is 5.37. The highest BCUT2D eigenvalue weighted by atomic mass is 35.5. The molecule has 0 unspecified atom stereocenters. The predicted molar refractivity (Wildman–Crippen MR) is 85.6 cm³/mol. The van der Waals surface area contributed by atoms with E-state index in [0.717, 1.165) is 28.9 Å². The summed E-state index contributed by atoms with van der Waals surface area (Å²) in [6.45, 7) is 8.06. The van der Waals surface area contributed by atoms with Crippen LogP contribution in [0.15, 0.2) is 24.9 Å². The maximum absolute atomic E-state index is 5.93. The van der Waals surface area contributed by atoms with Crippen LogP contribution in [0.1, 0.15) is 30.8 Å². The van der Waals surface area contributed by atoms with Gasteiger partial charge in [-0.25, -0.2) is 9.97 Å². The van der Waals surface area contributed by atoms with Crippen LogP contribution in [0.25, 0.3) is 23.4 Å². The second-order valence-electron chi connectivity index (χ2n) is 4.45. The van der Waals surface area contributed by atoms with Gasteiger partial charge in [0.1, 0.15) is 0 Å². The van der Waals surface area contributed by atoms with E-state index in [4.69, 9.17) is 11.6 Å². The lowest BCUT2D eigenvalue weighted by Crippen LogP contribution is -1.98. The third-order valence-electron chi connectivity index (χ3n) is 3.34. The largest absolute Gasteiger partial charge is 0.347 e. The second-order valence-corrected chi connectivity index (χ2v) is 4.79. The molecule has 0 atom stereocenters. The lowest BCUT2D eigenvalue weighted by molar-refractivity contribution is 0.830. The van der Waals surface area contributed by atoms with Crippen LogP contribution in [0.2, 0.25) is 5.28 Å². The molecule has 0 saturated carbocycles. The summed E-state index contributed by atoms with van der Waals surface area (Å²) in [5, 5.41) is 0.264. The molecule has 4 heteroatoms. The van der Waals surface area contributed by atoms with Crippen LogP contribution in [0, 0.1) is 0 Å². The predicted octanol–water partition coefficient (Wildman–Crippen LogP) is 4.37. The number of halogens is 1. The molecule has 0 spiro atoms. The molecule has 0 saturated heterocycles. The van der Waals surface area contributed by atoms with Crippen molar-refractivity contribution in [3.8, 4) is 11.3 Å². The molecular weight excluding hydrogens is 270 g/mol. The Labute approximate surface area is 124 Å². The molecule has 0 bridgehead atoms. The highest BCUT2D eigenvalue weighted by Crippen LogP contribution is 2.33. The van der Waals surface area contributed by atoms with E-state index in [9.17, 15) is 0 Å². The van der Waals surface area contributed by atoms with Crippen molar-refractivity contribution >= 4 is 23.8 Å². The Balaban J connectivity index is 2.82. The molecule has 2 aromatic rings. The molecule has 0 N–H and O–H groups in total. The van der Waals surface area contributed by atoms with Gasteiger partial charge in [0.15, 0.2) is 0 Å². The highest BCUT2D eigenvalue weighted by molar-refractivity contribution is 6.28. The van der Waals surface area contributed by atoms with Gasteiger partial charge in [-0.3, -0.25) is 0 Å². The molecular formula is C16H18ClN3. The zero-order valence-electron chi connectivity index (χ0n) is 12.0. The minimum atomic E-state index is 0.264. The number of hydrogen-bond acceptors (Lipinski definition) is 2. The fourth-order valence-corrected chi connectivity index (χ4v) is 2.68. The van der Waals surface area contributed by atoms with E-state index < -0.39 is 0 Å². The quantitative estimate of drug-likeness (QED) is 0.782. The molecule has 0 aliphatic carbocycles. The molecule has 0 aliphatic rings. The van der Waals surface area contributed by atoms with Crippen LogP contribution in [-0.4, -0.2) is 14.5 Å². The van der Waals surface area contributed by atoms with Crippen molar-refractivity contribution in [1.82, 2.24) is 14.5 Å². The molecule has 104 valence electrons. The number of allylic oxidation sites excluding steroid dienone is 1. The fourth-order valence-electron chi connectivity index (χ4n) is 2.53. The minimum Gasteiger partial charge on any atom is -0.347 e. The Morgan fingerprint density at radius 1 is 1.45 bits per heavy atom. The van der Waals surface area contributed by atoms with Crippen molar-refractivity contribution in [2.24, 2.45) is 7.05 Å². The van der Waals surface area contributed by atoms with Gasteiger partial charge in [-0.2, -0.15) is 0 Å². The average Bonchev–Trinajstić information content (AvgIpc) is 2.70. The molecule has 0 aliphatic heterocycles. The van der Waals surface area contributed by atoms with E-state index in [-0.39, 0.29) is 5.28 Å². The molecule has 2 heterocycles. The first kappa shape index (κ1) is 14.5. The Morgan fingerprint density at radius 2 is 2.20 bits per heavy atom. The lowest BCUT2D eigenvalue weighted by Gasteiger charge is -2.05. The van der Waals surface area contributed by atoms with Crippen molar-refractivity contribution < 1.29 is 0 Å². The monoisotopic (exact) mass is 287 g/mol. The van der Waals surface area contributed by atoms with Crippen molar-refractivity contribution in [3.63, 3.8) is 0 Å². The summed E-state index contributed by atoms with van der Waals surface area (Å²) in [6, 6.07) is 1.89. The standard InChI is InChI=1S/C16H18ClN3/c1-5-8-11-13(6-2)20(4)14(7-3)15(11)12-9-10-18-16(17)19-12/h5-6,8-10H,2,7H2,1,3-4H3/b8-5-. The topological polar surface area (TPSA) is 30.7 Å². The first-order chi connectivity index (χ1) is 9.63. The van der Waals surface area contributed by atoms with Gasteiger partial charge in [-0.1, -0.05) is 25.7 Å². The SMILES string of the molecule is C=Cc1c(/C=C\C)c(-c2ccnc(Cl)n2)c(CC)n1C. The Bertz CT molecular complexity index is 669. The molecule has 2 aromatic heterocycles. The van der Waals surface area contributed by atoms with Crippen LogP contribution >= 0.6 is 11.6 Å². The van der Waals surface area contributed by atoms with E-state index in [1.165, 1.54) is 5.69 Å². The molecule has 0 aromatic carbocycles. The van der Waals surface area contributed by atoms with E-state index >= 15 is 0 Å². The van der Waals surface area contributed by atoms with Gasteiger partial charge in [0.05, 0.1) is 5.69 Å². The maximum atomic E-state index is 5.93.